The molecule has 0 fully saturated rings. The van der Waals surface area contributed by atoms with E-state index in [0.29, 0.717) is 37.0 Å². The normalized spacial score (nSPS) is 14.6. The Hall–Kier alpha value is -2.96. The third kappa shape index (κ3) is 5.03. The second kappa shape index (κ2) is 9.04. The number of hydrogen-bond donors (Lipinski definition) is 1. The van der Waals surface area contributed by atoms with E-state index >= 15 is 0 Å². The molecule has 0 saturated heterocycles. The number of hydrogen-bond acceptors (Lipinski definition) is 10. The van der Waals surface area contributed by atoms with E-state index in [1.165, 1.54) is 29.5 Å². The van der Waals surface area contributed by atoms with E-state index in [1.807, 2.05) is 17.5 Å². The highest BCUT2D eigenvalue weighted by Gasteiger charge is 2.23. The molecular weight excluding hydrogens is 446 g/mol. The van der Waals surface area contributed by atoms with Crippen LogP contribution in [0.1, 0.15) is 25.3 Å². The molecule has 164 valence electrons. The maximum absolute atomic E-state index is 12.5. The first-order chi connectivity index (χ1) is 14.9. The lowest BCUT2D eigenvalue weighted by Gasteiger charge is -2.12. The number of sulfonamides is 1. The Bertz CT molecular complexity index is 1160. The van der Waals surface area contributed by atoms with Gasteiger partial charge in [-0.05, 0) is 30.5 Å². The average molecular weight is 466 g/mol. The third-order valence-corrected chi connectivity index (χ3v) is 6.52. The number of aromatic nitrogens is 2. The van der Waals surface area contributed by atoms with Gasteiger partial charge in [0.1, 0.15) is 6.54 Å². The fourth-order valence-corrected chi connectivity index (χ4v) is 4.36. The van der Waals surface area contributed by atoms with Crippen LogP contribution in [0.5, 0.6) is 11.5 Å². The van der Waals surface area contributed by atoms with Crippen LogP contribution in [0.25, 0.3) is 10.8 Å². The van der Waals surface area contributed by atoms with Crippen LogP contribution < -0.4 is 14.2 Å². The van der Waals surface area contributed by atoms with Crippen molar-refractivity contribution in [1.29, 1.82) is 0 Å². The lowest BCUT2D eigenvalue weighted by Crippen LogP contribution is -2.31. The summed E-state index contributed by atoms with van der Waals surface area (Å²) in [6.45, 7) is 1.92. The summed E-state index contributed by atoms with van der Waals surface area (Å²) in [6.07, 6.45) is -0.135. The number of benzene rings is 1. The van der Waals surface area contributed by atoms with Crippen LogP contribution in [-0.2, 0) is 19.6 Å². The van der Waals surface area contributed by atoms with E-state index in [2.05, 4.69) is 14.9 Å². The van der Waals surface area contributed by atoms with Gasteiger partial charge in [-0.15, -0.1) is 21.5 Å². The van der Waals surface area contributed by atoms with Crippen molar-refractivity contribution in [2.75, 3.05) is 19.8 Å². The maximum atomic E-state index is 12.5. The van der Waals surface area contributed by atoms with Gasteiger partial charge in [-0.1, -0.05) is 6.07 Å². The molecule has 2 aromatic heterocycles. The van der Waals surface area contributed by atoms with Crippen LogP contribution in [0.3, 0.4) is 0 Å². The Balaban J connectivity index is 1.35. The van der Waals surface area contributed by atoms with Gasteiger partial charge in [0, 0.05) is 12.5 Å². The summed E-state index contributed by atoms with van der Waals surface area (Å²) < 4.78 is 49.0. The molecule has 31 heavy (non-hydrogen) atoms. The minimum absolute atomic E-state index is 0.0462. The van der Waals surface area contributed by atoms with E-state index in [-0.39, 0.29) is 10.8 Å². The Labute approximate surface area is 182 Å². The van der Waals surface area contributed by atoms with Crippen LogP contribution in [-0.4, -0.2) is 44.3 Å². The van der Waals surface area contributed by atoms with E-state index in [4.69, 9.17) is 18.6 Å². The highest BCUT2D eigenvalue weighted by atomic mass is 32.2. The number of rotatable bonds is 7. The highest BCUT2D eigenvalue weighted by Crippen LogP contribution is 2.32. The minimum Gasteiger partial charge on any atom is -0.490 e. The smallest absolute Gasteiger partial charge is 0.321 e. The van der Waals surface area contributed by atoms with Crippen molar-refractivity contribution in [3.63, 3.8) is 0 Å². The molecule has 1 N–H and O–H groups in total. The lowest BCUT2D eigenvalue weighted by atomic mass is 10.3. The van der Waals surface area contributed by atoms with Crippen molar-refractivity contribution in [3.05, 3.63) is 41.6 Å². The lowest BCUT2D eigenvalue weighted by molar-refractivity contribution is -0.148. The van der Waals surface area contributed by atoms with Crippen molar-refractivity contribution < 1.29 is 31.8 Å². The molecule has 3 aromatic rings. The fraction of sp³-hybridized carbons (Fsp3) is 0.316. The molecule has 1 aliphatic heterocycles. The van der Waals surface area contributed by atoms with Crippen molar-refractivity contribution in [2.24, 2.45) is 0 Å². The monoisotopic (exact) mass is 465 g/mol. The average Bonchev–Trinajstić information content (AvgIpc) is 3.40. The summed E-state index contributed by atoms with van der Waals surface area (Å²) in [5, 5.41) is 9.67. The molecule has 0 amide bonds. The van der Waals surface area contributed by atoms with Gasteiger partial charge < -0.3 is 18.6 Å². The van der Waals surface area contributed by atoms with Gasteiger partial charge in [-0.25, -0.2) is 8.42 Å². The number of carbonyl (C=O) groups excluding carboxylic acids is 1. The highest BCUT2D eigenvalue weighted by molar-refractivity contribution is 7.89. The molecule has 10 nitrogen and oxygen atoms in total. The molecule has 1 aromatic carbocycles. The molecule has 1 unspecified atom stereocenters. The van der Waals surface area contributed by atoms with Crippen LogP contribution in [0.2, 0.25) is 0 Å². The number of nitrogens with zero attached hydrogens (tertiary/aromatic N) is 2. The first-order valence-electron chi connectivity index (χ1n) is 9.38. The maximum Gasteiger partial charge on any atom is 0.321 e. The quantitative estimate of drug-likeness (QED) is 0.523. The molecular formula is C19H19N3O7S2. The third-order valence-electron chi connectivity index (χ3n) is 4.26. The molecule has 0 spiro atoms. The Morgan fingerprint density at radius 3 is 2.81 bits per heavy atom. The Kier molecular flexibility index (Phi) is 6.20. The summed E-state index contributed by atoms with van der Waals surface area (Å²) in [5.74, 6) is 0.465. The standard InChI is InChI=1S/C19H19N3O7S2/c1-12(18-21-22-19(29-18)16-4-2-9-30-16)28-17(23)11-20-31(24,25)13-5-6-14-15(10-13)27-8-3-7-26-14/h2,4-6,9-10,12,20H,3,7-8,11H2,1H3. The SMILES string of the molecule is CC(OC(=O)CNS(=O)(=O)c1ccc2c(c1)OCCCO2)c1nnc(-c2cccs2)o1. The van der Waals surface area contributed by atoms with Crippen LogP contribution in [0.4, 0.5) is 0 Å². The zero-order valence-corrected chi connectivity index (χ0v) is 18.1. The summed E-state index contributed by atoms with van der Waals surface area (Å²) in [4.78, 5) is 12.9. The van der Waals surface area contributed by atoms with Crippen molar-refractivity contribution in [1.82, 2.24) is 14.9 Å². The van der Waals surface area contributed by atoms with Crippen LogP contribution in [0.15, 0.2) is 45.0 Å². The summed E-state index contributed by atoms with van der Waals surface area (Å²) in [7, 11) is -3.96. The Morgan fingerprint density at radius 1 is 1.23 bits per heavy atom. The van der Waals surface area contributed by atoms with Gasteiger partial charge in [-0.2, -0.15) is 4.72 Å². The number of nitrogens with one attached hydrogen (secondary N) is 1. The van der Waals surface area contributed by atoms with Crippen molar-refractivity contribution in [3.8, 4) is 22.3 Å². The van der Waals surface area contributed by atoms with Crippen molar-refractivity contribution >= 4 is 27.3 Å². The van der Waals surface area contributed by atoms with Crippen molar-refractivity contribution in [2.45, 2.75) is 24.3 Å². The number of esters is 1. The molecule has 1 atom stereocenters. The second-order valence-electron chi connectivity index (χ2n) is 6.54. The van der Waals surface area contributed by atoms with Gasteiger partial charge >= 0.3 is 5.97 Å². The van der Waals surface area contributed by atoms with Gasteiger partial charge in [0.25, 0.3) is 11.8 Å². The van der Waals surface area contributed by atoms with Crippen LogP contribution in [0, 0.1) is 0 Å². The van der Waals surface area contributed by atoms with E-state index in [0.717, 1.165) is 4.88 Å². The molecule has 12 heteroatoms. The summed E-state index contributed by atoms with van der Waals surface area (Å²) in [5.41, 5.74) is 0. The first-order valence-corrected chi connectivity index (χ1v) is 11.7. The number of fused-ring (bicyclic) bond motifs is 1. The summed E-state index contributed by atoms with van der Waals surface area (Å²) in [6, 6.07) is 7.95. The zero-order chi connectivity index (χ0) is 21.8. The molecule has 0 saturated carbocycles. The number of carbonyl (C=O) groups is 1. The topological polar surface area (TPSA) is 130 Å². The van der Waals surface area contributed by atoms with Gasteiger partial charge in [0.15, 0.2) is 17.6 Å². The minimum atomic E-state index is -3.96. The Morgan fingerprint density at radius 2 is 2.03 bits per heavy atom. The van der Waals surface area contributed by atoms with E-state index in [1.54, 1.807) is 6.92 Å². The van der Waals surface area contributed by atoms with Gasteiger partial charge in [-0.3, -0.25) is 4.79 Å². The molecule has 1 aliphatic rings. The number of ether oxygens (including phenoxy) is 3. The summed E-state index contributed by atoms with van der Waals surface area (Å²) >= 11 is 1.44. The molecule has 4 rings (SSSR count). The largest absolute Gasteiger partial charge is 0.490 e. The first kappa shape index (κ1) is 21.3. The zero-order valence-electron chi connectivity index (χ0n) is 16.4. The molecule has 0 radical (unpaired) electrons. The second-order valence-corrected chi connectivity index (χ2v) is 9.25. The molecule has 0 aliphatic carbocycles. The molecule has 3 heterocycles. The predicted molar refractivity (Wildman–Crippen MR) is 109 cm³/mol. The molecule has 0 bridgehead atoms. The van der Waals surface area contributed by atoms with Gasteiger partial charge in [0.05, 0.1) is 23.0 Å². The number of thiophene rings is 1. The van der Waals surface area contributed by atoms with Crippen LogP contribution >= 0.6 is 11.3 Å². The van der Waals surface area contributed by atoms with E-state index < -0.39 is 28.6 Å². The predicted octanol–water partition coefficient (Wildman–Crippen LogP) is 2.54. The van der Waals surface area contributed by atoms with Gasteiger partial charge in [0.2, 0.25) is 10.0 Å². The fourth-order valence-electron chi connectivity index (χ4n) is 2.74. The van der Waals surface area contributed by atoms with E-state index in [9.17, 15) is 13.2 Å².